The van der Waals surface area contributed by atoms with Crippen LogP contribution < -0.4 is 0 Å². The lowest BCUT2D eigenvalue weighted by molar-refractivity contribution is -0.150. The zero-order valence-corrected chi connectivity index (χ0v) is 11.8. The van der Waals surface area contributed by atoms with Gasteiger partial charge < -0.3 is 10.0 Å². The van der Waals surface area contributed by atoms with Gasteiger partial charge in [0.15, 0.2) is 0 Å². The van der Waals surface area contributed by atoms with E-state index in [2.05, 4.69) is 4.98 Å². The van der Waals surface area contributed by atoms with Gasteiger partial charge in [-0.15, -0.1) is 0 Å². The summed E-state index contributed by atoms with van der Waals surface area (Å²) in [6.07, 6.45) is 8.15. The average molecular weight is 286 g/mol. The van der Waals surface area contributed by atoms with E-state index in [0.717, 1.165) is 12.0 Å². The van der Waals surface area contributed by atoms with Gasteiger partial charge >= 0.3 is 5.97 Å². The number of pyridine rings is 1. The van der Waals surface area contributed by atoms with Crippen LogP contribution in [-0.4, -0.2) is 33.9 Å². The molecular formula is C16H18N2O3. The van der Waals surface area contributed by atoms with Crippen molar-refractivity contribution in [2.75, 3.05) is 7.05 Å². The van der Waals surface area contributed by atoms with Gasteiger partial charge in [-0.2, -0.15) is 0 Å². The molecule has 1 fully saturated rings. The molecule has 110 valence electrons. The summed E-state index contributed by atoms with van der Waals surface area (Å²) in [6, 6.07) is 3.74. The van der Waals surface area contributed by atoms with Crippen molar-refractivity contribution in [2.45, 2.75) is 13.0 Å². The number of carboxylic acid groups (broad SMARTS) is 1. The topological polar surface area (TPSA) is 70.5 Å². The summed E-state index contributed by atoms with van der Waals surface area (Å²) in [7, 11) is 1.73. The highest BCUT2D eigenvalue weighted by atomic mass is 16.4. The molecule has 0 aliphatic heterocycles. The molecule has 2 aliphatic rings. The summed E-state index contributed by atoms with van der Waals surface area (Å²) in [5.74, 6) is -1.88. The summed E-state index contributed by atoms with van der Waals surface area (Å²) >= 11 is 0. The third kappa shape index (κ3) is 2.44. The maximum atomic E-state index is 12.7. The van der Waals surface area contributed by atoms with Crippen LogP contribution in [0.3, 0.4) is 0 Å². The highest BCUT2D eigenvalue weighted by Gasteiger charge is 2.52. The fraction of sp³-hybridized carbons (Fsp3) is 0.438. The molecule has 0 saturated heterocycles. The Kier molecular flexibility index (Phi) is 3.49. The zero-order chi connectivity index (χ0) is 15.0. The average Bonchev–Trinajstić information content (AvgIpc) is 3.08. The van der Waals surface area contributed by atoms with Crippen molar-refractivity contribution in [3.8, 4) is 0 Å². The van der Waals surface area contributed by atoms with Crippen LogP contribution in [0.4, 0.5) is 0 Å². The molecule has 1 aromatic rings. The van der Waals surface area contributed by atoms with E-state index in [9.17, 15) is 14.7 Å². The van der Waals surface area contributed by atoms with Crippen LogP contribution in [0.2, 0.25) is 0 Å². The van der Waals surface area contributed by atoms with Crippen LogP contribution in [0, 0.1) is 23.7 Å². The van der Waals surface area contributed by atoms with Gasteiger partial charge in [-0.3, -0.25) is 14.6 Å². The minimum absolute atomic E-state index is 0.00763. The van der Waals surface area contributed by atoms with Crippen molar-refractivity contribution >= 4 is 11.9 Å². The molecule has 1 aromatic heterocycles. The van der Waals surface area contributed by atoms with Crippen LogP contribution in [0.15, 0.2) is 36.7 Å². The van der Waals surface area contributed by atoms with Gasteiger partial charge in [0.1, 0.15) is 0 Å². The number of rotatable bonds is 4. The van der Waals surface area contributed by atoms with E-state index in [-0.39, 0.29) is 17.7 Å². The van der Waals surface area contributed by atoms with Gasteiger partial charge in [-0.25, -0.2) is 0 Å². The Morgan fingerprint density at radius 2 is 2.05 bits per heavy atom. The van der Waals surface area contributed by atoms with E-state index in [4.69, 9.17) is 0 Å². The van der Waals surface area contributed by atoms with E-state index in [1.807, 2.05) is 24.3 Å². The molecule has 0 aromatic carbocycles. The highest BCUT2D eigenvalue weighted by Crippen LogP contribution is 2.48. The molecule has 0 spiro atoms. The Labute approximate surface area is 123 Å². The first kappa shape index (κ1) is 13.8. The molecule has 5 nitrogen and oxygen atoms in total. The van der Waals surface area contributed by atoms with E-state index < -0.39 is 17.8 Å². The minimum Gasteiger partial charge on any atom is -0.481 e. The molecule has 0 radical (unpaired) electrons. The molecule has 1 saturated carbocycles. The van der Waals surface area contributed by atoms with Gasteiger partial charge in [-0.1, -0.05) is 18.2 Å². The molecule has 2 unspecified atom stereocenters. The summed E-state index contributed by atoms with van der Waals surface area (Å²) < 4.78 is 0. The normalized spacial score (nSPS) is 29.6. The first-order valence-electron chi connectivity index (χ1n) is 7.13. The van der Waals surface area contributed by atoms with E-state index >= 15 is 0 Å². The first-order valence-corrected chi connectivity index (χ1v) is 7.13. The second-order valence-corrected chi connectivity index (χ2v) is 5.89. The zero-order valence-electron chi connectivity index (χ0n) is 11.8. The Morgan fingerprint density at radius 1 is 1.33 bits per heavy atom. The number of hydrogen-bond donors (Lipinski definition) is 1. The number of nitrogens with zero attached hydrogens (tertiary/aromatic N) is 2. The second kappa shape index (κ2) is 5.31. The predicted molar refractivity (Wildman–Crippen MR) is 76.1 cm³/mol. The number of aliphatic carboxylic acids is 1. The summed E-state index contributed by atoms with van der Waals surface area (Å²) in [6.45, 7) is 0.455. The maximum absolute atomic E-state index is 12.7. The van der Waals surface area contributed by atoms with Crippen LogP contribution in [-0.2, 0) is 16.1 Å². The maximum Gasteiger partial charge on any atom is 0.307 e. The molecule has 2 aliphatic carbocycles. The monoisotopic (exact) mass is 286 g/mol. The Bertz CT molecular complexity index is 584. The molecule has 1 heterocycles. The minimum atomic E-state index is -0.861. The Morgan fingerprint density at radius 3 is 2.67 bits per heavy atom. The first-order chi connectivity index (χ1) is 10.1. The van der Waals surface area contributed by atoms with Crippen LogP contribution >= 0.6 is 0 Å². The van der Waals surface area contributed by atoms with Crippen molar-refractivity contribution in [1.29, 1.82) is 0 Å². The van der Waals surface area contributed by atoms with Gasteiger partial charge in [0.2, 0.25) is 5.91 Å². The number of amides is 1. The quantitative estimate of drug-likeness (QED) is 0.853. The van der Waals surface area contributed by atoms with Crippen molar-refractivity contribution in [3.63, 3.8) is 0 Å². The van der Waals surface area contributed by atoms with Crippen molar-refractivity contribution in [3.05, 3.63) is 42.2 Å². The summed E-state index contributed by atoms with van der Waals surface area (Å²) in [5.41, 5.74) is 0.943. The number of fused-ring (bicyclic) bond motifs is 2. The largest absolute Gasteiger partial charge is 0.481 e. The fourth-order valence-electron chi connectivity index (χ4n) is 3.59. The number of hydrogen-bond acceptors (Lipinski definition) is 3. The fourth-order valence-corrected chi connectivity index (χ4v) is 3.59. The lowest BCUT2D eigenvalue weighted by Gasteiger charge is -2.28. The molecule has 1 N–H and O–H groups in total. The molecule has 21 heavy (non-hydrogen) atoms. The van der Waals surface area contributed by atoms with Crippen molar-refractivity contribution in [2.24, 2.45) is 23.7 Å². The molecule has 3 rings (SSSR count). The summed E-state index contributed by atoms with van der Waals surface area (Å²) in [4.78, 5) is 29.8. The van der Waals surface area contributed by atoms with E-state index in [1.165, 1.54) is 0 Å². The molecule has 1 amide bonds. The van der Waals surface area contributed by atoms with Crippen molar-refractivity contribution in [1.82, 2.24) is 9.88 Å². The van der Waals surface area contributed by atoms with E-state index in [1.54, 1.807) is 24.3 Å². The second-order valence-electron chi connectivity index (χ2n) is 5.89. The van der Waals surface area contributed by atoms with Crippen LogP contribution in [0.1, 0.15) is 12.0 Å². The molecule has 5 heteroatoms. The number of carboxylic acids is 1. The number of allylic oxidation sites excluding steroid dienone is 2. The third-order valence-electron chi connectivity index (χ3n) is 4.55. The lowest BCUT2D eigenvalue weighted by Crippen LogP contribution is -2.40. The Balaban J connectivity index is 1.75. The lowest BCUT2D eigenvalue weighted by atomic mass is 9.82. The SMILES string of the molecule is CN(Cc1cccnc1)C(=O)[C@H]1C2C=CC(C2)[C@H]1C(=O)O. The molecule has 4 atom stereocenters. The van der Waals surface area contributed by atoms with Gasteiger partial charge in [0.25, 0.3) is 0 Å². The van der Waals surface area contributed by atoms with Crippen LogP contribution in [0.25, 0.3) is 0 Å². The smallest absolute Gasteiger partial charge is 0.307 e. The number of aromatic nitrogens is 1. The standard InChI is InChI=1S/C16H18N2O3/c1-18(9-10-3-2-6-17-8-10)15(19)13-11-4-5-12(7-11)14(13)16(20)21/h2-6,8,11-14H,7,9H2,1H3,(H,20,21)/t11?,12?,13-,14+/m0/s1. The molecule has 2 bridgehead atoms. The van der Waals surface area contributed by atoms with E-state index in [0.29, 0.717) is 6.54 Å². The number of carbonyl (C=O) groups is 2. The third-order valence-corrected chi connectivity index (χ3v) is 4.55. The van der Waals surface area contributed by atoms with Crippen molar-refractivity contribution < 1.29 is 14.7 Å². The van der Waals surface area contributed by atoms with Gasteiger partial charge in [0.05, 0.1) is 11.8 Å². The highest BCUT2D eigenvalue weighted by molar-refractivity contribution is 5.86. The molecular weight excluding hydrogens is 268 g/mol. The Hall–Kier alpha value is -2.17. The van der Waals surface area contributed by atoms with Crippen LogP contribution in [0.5, 0.6) is 0 Å². The summed E-state index contributed by atoms with van der Waals surface area (Å²) in [5, 5.41) is 9.41. The van der Waals surface area contributed by atoms with Gasteiger partial charge in [-0.05, 0) is 29.9 Å². The predicted octanol–water partition coefficient (Wildman–Crippen LogP) is 1.56. The number of carbonyl (C=O) groups excluding carboxylic acids is 1. The van der Waals surface area contributed by atoms with Gasteiger partial charge in [0, 0.05) is 26.0 Å².